The maximum Gasteiger partial charge on any atom is 0.0797 e. The average Bonchev–Trinajstić information content (AvgIpc) is 2.40. The van der Waals surface area contributed by atoms with Crippen LogP contribution in [-0.4, -0.2) is 11.5 Å². The Balaban J connectivity index is 2.81. The Morgan fingerprint density at radius 1 is 1.73 bits per heavy atom. The highest BCUT2D eigenvalue weighted by Crippen LogP contribution is 2.24. The van der Waals surface area contributed by atoms with Gasteiger partial charge in [-0.3, -0.25) is 0 Å². The van der Waals surface area contributed by atoms with Gasteiger partial charge in [-0.25, -0.2) is 4.98 Å². The molecule has 0 saturated carbocycles. The van der Waals surface area contributed by atoms with E-state index in [1.54, 1.807) is 11.3 Å². The lowest BCUT2D eigenvalue weighted by Crippen LogP contribution is -2.11. The SMILES string of the molecule is CC[C@@H](CN)c1scnc1C. The second-order valence-electron chi connectivity index (χ2n) is 2.64. The van der Waals surface area contributed by atoms with Crippen LogP contribution in [0, 0.1) is 6.92 Å². The molecule has 0 aliphatic carbocycles. The highest BCUT2D eigenvalue weighted by atomic mass is 32.1. The van der Waals surface area contributed by atoms with E-state index in [2.05, 4.69) is 11.9 Å². The smallest absolute Gasteiger partial charge is 0.0797 e. The van der Waals surface area contributed by atoms with E-state index in [-0.39, 0.29) is 0 Å². The standard InChI is InChI=1S/C8H14N2S/c1-3-7(4-9)8-6(2)10-5-11-8/h5,7H,3-4,9H2,1-2H3/t7-/m0/s1. The predicted molar refractivity (Wildman–Crippen MR) is 48.9 cm³/mol. The molecule has 1 atom stereocenters. The quantitative estimate of drug-likeness (QED) is 0.752. The van der Waals surface area contributed by atoms with E-state index in [0.717, 1.165) is 18.7 Å². The third kappa shape index (κ3) is 1.79. The summed E-state index contributed by atoms with van der Waals surface area (Å²) in [6, 6.07) is 0. The van der Waals surface area contributed by atoms with Crippen LogP contribution in [0.15, 0.2) is 5.51 Å². The number of aryl methyl sites for hydroxylation is 1. The minimum absolute atomic E-state index is 0.516. The van der Waals surface area contributed by atoms with Crippen molar-refractivity contribution in [2.45, 2.75) is 26.2 Å². The monoisotopic (exact) mass is 170 g/mol. The molecular formula is C8H14N2S. The molecular weight excluding hydrogens is 156 g/mol. The normalized spacial score (nSPS) is 13.4. The van der Waals surface area contributed by atoms with Gasteiger partial charge in [-0.1, -0.05) is 6.92 Å². The predicted octanol–water partition coefficient (Wildman–Crippen LogP) is 1.90. The molecule has 0 unspecified atom stereocenters. The van der Waals surface area contributed by atoms with E-state index in [4.69, 9.17) is 5.73 Å². The van der Waals surface area contributed by atoms with Crippen LogP contribution in [0.4, 0.5) is 0 Å². The minimum Gasteiger partial charge on any atom is -0.330 e. The lowest BCUT2D eigenvalue weighted by Gasteiger charge is -2.09. The molecule has 1 rings (SSSR count). The van der Waals surface area contributed by atoms with Crippen LogP contribution in [0.25, 0.3) is 0 Å². The average molecular weight is 170 g/mol. The van der Waals surface area contributed by atoms with E-state index in [1.165, 1.54) is 4.88 Å². The number of nitrogens with two attached hydrogens (primary N) is 1. The van der Waals surface area contributed by atoms with Gasteiger partial charge in [-0.05, 0) is 13.3 Å². The highest BCUT2D eigenvalue weighted by molar-refractivity contribution is 7.09. The molecule has 1 heterocycles. The molecule has 0 amide bonds. The van der Waals surface area contributed by atoms with Gasteiger partial charge < -0.3 is 5.73 Å². The fraction of sp³-hybridized carbons (Fsp3) is 0.625. The van der Waals surface area contributed by atoms with Gasteiger partial charge in [0.1, 0.15) is 0 Å². The number of hydrogen-bond donors (Lipinski definition) is 1. The van der Waals surface area contributed by atoms with Crippen molar-refractivity contribution in [3.8, 4) is 0 Å². The zero-order valence-corrected chi connectivity index (χ0v) is 7.82. The number of thiazole rings is 1. The summed E-state index contributed by atoms with van der Waals surface area (Å²) in [5.74, 6) is 0.516. The van der Waals surface area contributed by atoms with Crippen molar-refractivity contribution in [3.05, 3.63) is 16.1 Å². The molecule has 0 spiro atoms. The van der Waals surface area contributed by atoms with E-state index in [1.807, 2.05) is 12.4 Å². The van der Waals surface area contributed by atoms with Gasteiger partial charge in [-0.2, -0.15) is 0 Å². The van der Waals surface area contributed by atoms with Crippen molar-refractivity contribution in [3.63, 3.8) is 0 Å². The second-order valence-corrected chi connectivity index (χ2v) is 3.53. The maximum absolute atomic E-state index is 5.62. The largest absolute Gasteiger partial charge is 0.330 e. The Bertz CT molecular complexity index is 216. The number of rotatable bonds is 3. The summed E-state index contributed by atoms with van der Waals surface area (Å²) in [5.41, 5.74) is 8.66. The van der Waals surface area contributed by atoms with Gasteiger partial charge in [0.15, 0.2) is 0 Å². The van der Waals surface area contributed by atoms with Crippen LogP contribution < -0.4 is 5.73 Å². The van der Waals surface area contributed by atoms with Crippen LogP contribution >= 0.6 is 11.3 Å². The first-order valence-corrected chi connectivity index (χ1v) is 4.77. The minimum atomic E-state index is 0.516. The second kappa shape index (κ2) is 3.83. The highest BCUT2D eigenvalue weighted by Gasteiger charge is 2.11. The van der Waals surface area contributed by atoms with Crippen LogP contribution in [-0.2, 0) is 0 Å². The van der Waals surface area contributed by atoms with Crippen LogP contribution in [0.5, 0.6) is 0 Å². The van der Waals surface area contributed by atoms with Gasteiger partial charge in [0, 0.05) is 17.3 Å². The molecule has 3 heteroatoms. The first-order chi connectivity index (χ1) is 5.29. The molecule has 0 bridgehead atoms. The Morgan fingerprint density at radius 3 is 2.82 bits per heavy atom. The Kier molecular flexibility index (Phi) is 3.02. The molecule has 2 N–H and O–H groups in total. The zero-order chi connectivity index (χ0) is 8.27. The van der Waals surface area contributed by atoms with Crippen molar-refractivity contribution in [2.24, 2.45) is 5.73 Å². The van der Waals surface area contributed by atoms with Crippen molar-refractivity contribution >= 4 is 11.3 Å². The van der Waals surface area contributed by atoms with E-state index in [9.17, 15) is 0 Å². The van der Waals surface area contributed by atoms with E-state index < -0.39 is 0 Å². The summed E-state index contributed by atoms with van der Waals surface area (Å²) in [5, 5.41) is 0. The van der Waals surface area contributed by atoms with Gasteiger partial charge >= 0.3 is 0 Å². The third-order valence-electron chi connectivity index (χ3n) is 1.93. The lowest BCUT2D eigenvalue weighted by molar-refractivity contribution is 0.680. The molecule has 0 radical (unpaired) electrons. The Morgan fingerprint density at radius 2 is 2.45 bits per heavy atom. The summed E-state index contributed by atoms with van der Waals surface area (Å²) in [6.45, 7) is 4.94. The molecule has 0 fully saturated rings. The summed E-state index contributed by atoms with van der Waals surface area (Å²) < 4.78 is 0. The first kappa shape index (κ1) is 8.68. The van der Waals surface area contributed by atoms with E-state index >= 15 is 0 Å². The molecule has 0 aromatic carbocycles. The number of aromatic nitrogens is 1. The summed E-state index contributed by atoms with van der Waals surface area (Å²) >= 11 is 1.72. The molecule has 1 aromatic rings. The van der Waals surface area contributed by atoms with Gasteiger partial charge in [0.25, 0.3) is 0 Å². The summed E-state index contributed by atoms with van der Waals surface area (Å²) in [4.78, 5) is 5.55. The van der Waals surface area contributed by atoms with Crippen molar-refractivity contribution in [2.75, 3.05) is 6.54 Å². The lowest BCUT2D eigenvalue weighted by atomic mass is 10.0. The molecule has 1 aromatic heterocycles. The van der Waals surface area contributed by atoms with Gasteiger partial charge in [0.2, 0.25) is 0 Å². The number of nitrogens with zero attached hydrogens (tertiary/aromatic N) is 1. The molecule has 62 valence electrons. The first-order valence-electron chi connectivity index (χ1n) is 3.89. The fourth-order valence-electron chi connectivity index (χ4n) is 1.16. The Labute approximate surface area is 71.5 Å². The Hall–Kier alpha value is -0.410. The van der Waals surface area contributed by atoms with Crippen LogP contribution in [0.2, 0.25) is 0 Å². The topological polar surface area (TPSA) is 38.9 Å². The van der Waals surface area contributed by atoms with Gasteiger partial charge in [0.05, 0.1) is 11.2 Å². The number of hydrogen-bond acceptors (Lipinski definition) is 3. The fourth-order valence-corrected chi connectivity index (χ4v) is 2.16. The van der Waals surface area contributed by atoms with Gasteiger partial charge in [-0.15, -0.1) is 11.3 Å². The molecule has 0 aliphatic heterocycles. The molecule has 0 aliphatic rings. The maximum atomic E-state index is 5.62. The summed E-state index contributed by atoms with van der Waals surface area (Å²) in [6.07, 6.45) is 1.11. The van der Waals surface area contributed by atoms with Crippen LogP contribution in [0.1, 0.15) is 29.8 Å². The van der Waals surface area contributed by atoms with Crippen molar-refractivity contribution < 1.29 is 0 Å². The molecule has 2 nitrogen and oxygen atoms in total. The van der Waals surface area contributed by atoms with E-state index in [0.29, 0.717) is 5.92 Å². The molecule has 0 saturated heterocycles. The van der Waals surface area contributed by atoms with Crippen molar-refractivity contribution in [1.29, 1.82) is 0 Å². The van der Waals surface area contributed by atoms with Crippen molar-refractivity contribution in [1.82, 2.24) is 4.98 Å². The van der Waals surface area contributed by atoms with Crippen LogP contribution in [0.3, 0.4) is 0 Å². The zero-order valence-electron chi connectivity index (χ0n) is 7.00. The third-order valence-corrected chi connectivity index (χ3v) is 3.02. The molecule has 11 heavy (non-hydrogen) atoms. The summed E-state index contributed by atoms with van der Waals surface area (Å²) in [7, 11) is 0.